The fourth-order valence-corrected chi connectivity index (χ4v) is 5.27. The summed E-state index contributed by atoms with van der Waals surface area (Å²) in [6, 6.07) is 14.5. The number of nitrogens with zero attached hydrogens (tertiary/aromatic N) is 3. The van der Waals surface area contributed by atoms with Crippen molar-refractivity contribution in [2.45, 2.75) is 49.9 Å². The Labute approximate surface area is 250 Å². The van der Waals surface area contributed by atoms with Gasteiger partial charge in [-0.15, -0.1) is 0 Å². The van der Waals surface area contributed by atoms with Gasteiger partial charge in [-0.25, -0.2) is 0 Å². The molecular formula is C31H33F6N3O4. The number of benzene rings is 2. The number of hydrogen-bond acceptors (Lipinski definition) is 7. The average Bonchev–Trinajstić information content (AvgIpc) is 2.99. The van der Waals surface area contributed by atoms with Crippen molar-refractivity contribution in [2.24, 2.45) is 0 Å². The van der Waals surface area contributed by atoms with E-state index in [0.29, 0.717) is 42.8 Å². The number of alkyl halides is 6. The molecule has 0 saturated carbocycles. The molecule has 2 aromatic carbocycles. The van der Waals surface area contributed by atoms with Crippen LogP contribution in [-0.2, 0) is 28.2 Å². The zero-order chi connectivity index (χ0) is 32.0. The predicted octanol–water partition coefficient (Wildman–Crippen LogP) is 5.06. The van der Waals surface area contributed by atoms with Crippen molar-refractivity contribution in [3.05, 3.63) is 89.7 Å². The Bertz CT molecular complexity index is 1340. The van der Waals surface area contributed by atoms with E-state index in [9.17, 15) is 36.2 Å². The van der Waals surface area contributed by atoms with Crippen LogP contribution in [0.2, 0.25) is 0 Å². The maximum atomic E-state index is 13.2. The number of pyridine rings is 1. The second kappa shape index (κ2) is 14.1. The van der Waals surface area contributed by atoms with Crippen molar-refractivity contribution in [1.82, 2.24) is 14.8 Å². The SMILES string of the molecule is O=C(CC[C@H]1CN(Cc2ccncc2)CCN1Cc1ccc(-c2ccc(C(O)(C(F)(F)F)C(F)(F)F)cc2)cc1)OCCO. The zero-order valence-electron chi connectivity index (χ0n) is 23.7. The van der Waals surface area contributed by atoms with Gasteiger partial charge in [0.25, 0.3) is 5.60 Å². The van der Waals surface area contributed by atoms with Crippen LogP contribution in [0, 0.1) is 0 Å². The summed E-state index contributed by atoms with van der Waals surface area (Å²) in [6.45, 7) is 3.22. The third-order valence-corrected chi connectivity index (χ3v) is 7.68. The molecule has 1 saturated heterocycles. The van der Waals surface area contributed by atoms with E-state index in [1.165, 1.54) is 0 Å². The maximum Gasteiger partial charge on any atom is 0.430 e. The fraction of sp³-hybridized carbons (Fsp3) is 0.419. The third kappa shape index (κ3) is 7.95. The van der Waals surface area contributed by atoms with Gasteiger partial charge in [0.2, 0.25) is 0 Å². The van der Waals surface area contributed by atoms with Crippen LogP contribution in [0.1, 0.15) is 29.5 Å². The van der Waals surface area contributed by atoms with Gasteiger partial charge < -0.3 is 14.9 Å². The van der Waals surface area contributed by atoms with E-state index in [2.05, 4.69) is 14.8 Å². The van der Waals surface area contributed by atoms with Crippen molar-refractivity contribution >= 4 is 5.97 Å². The lowest BCUT2D eigenvalue weighted by Crippen LogP contribution is -2.53. The molecule has 0 amide bonds. The first-order valence-electron chi connectivity index (χ1n) is 14.0. The number of aliphatic hydroxyl groups excluding tert-OH is 1. The molecule has 2 heterocycles. The first-order chi connectivity index (χ1) is 20.8. The van der Waals surface area contributed by atoms with Crippen LogP contribution in [0.15, 0.2) is 73.1 Å². The molecule has 1 atom stereocenters. The normalized spacial score (nSPS) is 17.0. The number of aromatic nitrogens is 1. The van der Waals surface area contributed by atoms with Gasteiger partial charge in [0.05, 0.1) is 6.61 Å². The van der Waals surface area contributed by atoms with E-state index in [4.69, 9.17) is 9.84 Å². The molecule has 44 heavy (non-hydrogen) atoms. The van der Waals surface area contributed by atoms with Gasteiger partial charge in [0.15, 0.2) is 0 Å². The Morgan fingerprint density at radius 2 is 1.41 bits per heavy atom. The summed E-state index contributed by atoms with van der Waals surface area (Å²) in [5, 5.41) is 18.6. The average molecular weight is 626 g/mol. The summed E-state index contributed by atoms with van der Waals surface area (Å²) >= 11 is 0. The molecule has 238 valence electrons. The number of carbonyl (C=O) groups excluding carboxylic acids is 1. The Hall–Kier alpha value is -3.52. The summed E-state index contributed by atoms with van der Waals surface area (Å²) < 4.78 is 84.3. The number of ether oxygens (including phenoxy) is 1. The van der Waals surface area contributed by atoms with Crippen molar-refractivity contribution in [2.75, 3.05) is 32.8 Å². The highest BCUT2D eigenvalue weighted by Crippen LogP contribution is 2.50. The molecule has 1 aromatic heterocycles. The smallest absolute Gasteiger partial charge is 0.430 e. The summed E-state index contributed by atoms with van der Waals surface area (Å²) in [6.07, 6.45) is -7.68. The van der Waals surface area contributed by atoms with Crippen LogP contribution in [0.25, 0.3) is 11.1 Å². The zero-order valence-corrected chi connectivity index (χ0v) is 23.7. The molecule has 0 bridgehead atoms. The van der Waals surface area contributed by atoms with Crippen LogP contribution in [0.4, 0.5) is 26.3 Å². The number of rotatable bonds is 11. The molecule has 13 heteroatoms. The van der Waals surface area contributed by atoms with Crippen LogP contribution >= 0.6 is 0 Å². The van der Waals surface area contributed by atoms with Crippen LogP contribution in [0.3, 0.4) is 0 Å². The third-order valence-electron chi connectivity index (χ3n) is 7.68. The van der Waals surface area contributed by atoms with E-state index < -0.39 is 23.5 Å². The first-order valence-corrected chi connectivity index (χ1v) is 14.0. The van der Waals surface area contributed by atoms with E-state index in [1.54, 1.807) is 24.5 Å². The Morgan fingerprint density at radius 3 is 1.98 bits per heavy atom. The van der Waals surface area contributed by atoms with Crippen molar-refractivity contribution < 1.29 is 46.1 Å². The molecule has 0 aliphatic carbocycles. The van der Waals surface area contributed by atoms with E-state index in [1.807, 2.05) is 24.3 Å². The summed E-state index contributed by atoms with van der Waals surface area (Å²) in [4.78, 5) is 20.8. The summed E-state index contributed by atoms with van der Waals surface area (Å²) in [5.41, 5.74) is -3.27. The van der Waals surface area contributed by atoms with Crippen LogP contribution < -0.4 is 0 Å². The maximum absolute atomic E-state index is 13.2. The molecule has 2 N–H and O–H groups in total. The molecule has 1 aliphatic rings. The predicted molar refractivity (Wildman–Crippen MR) is 149 cm³/mol. The van der Waals surface area contributed by atoms with E-state index >= 15 is 0 Å². The Kier molecular flexibility index (Phi) is 10.7. The fourth-order valence-electron chi connectivity index (χ4n) is 5.27. The minimum absolute atomic E-state index is 0.0282. The molecule has 4 rings (SSSR count). The standard InChI is InChI=1S/C31H33F6N3O4/c32-30(33,34)29(43,31(35,36)37)26-7-5-25(6-8-26)24-3-1-22(2-4-24)20-40-16-15-39(19-23-11-13-38-14-12-23)21-27(40)9-10-28(42)44-18-17-41/h1-8,11-14,27,41,43H,9-10,15-21H2/t27-/m0/s1. The van der Waals surface area contributed by atoms with Gasteiger partial charge in [-0.3, -0.25) is 19.6 Å². The molecule has 1 aliphatic heterocycles. The lowest BCUT2D eigenvalue weighted by atomic mass is 9.90. The van der Waals surface area contributed by atoms with Gasteiger partial charge in [-0.2, -0.15) is 26.3 Å². The van der Waals surface area contributed by atoms with Crippen LogP contribution in [-0.4, -0.2) is 82.2 Å². The van der Waals surface area contributed by atoms with Gasteiger partial charge in [-0.05, 0) is 40.8 Å². The quantitative estimate of drug-likeness (QED) is 0.228. The number of aliphatic hydroxyl groups is 2. The highest BCUT2D eigenvalue weighted by molar-refractivity contribution is 5.69. The van der Waals surface area contributed by atoms with Crippen molar-refractivity contribution in [3.8, 4) is 11.1 Å². The number of piperazine rings is 1. The van der Waals surface area contributed by atoms with Gasteiger partial charge >= 0.3 is 18.3 Å². The number of hydrogen-bond donors (Lipinski definition) is 2. The highest BCUT2D eigenvalue weighted by Gasteiger charge is 2.71. The molecule has 0 spiro atoms. The second-order valence-electron chi connectivity index (χ2n) is 10.7. The van der Waals surface area contributed by atoms with Crippen molar-refractivity contribution in [1.29, 1.82) is 0 Å². The van der Waals surface area contributed by atoms with Gasteiger partial charge in [-0.1, -0.05) is 48.5 Å². The first kappa shape index (κ1) is 33.4. The number of halogens is 6. The van der Waals surface area contributed by atoms with Crippen LogP contribution in [0.5, 0.6) is 0 Å². The lowest BCUT2D eigenvalue weighted by molar-refractivity contribution is -0.376. The molecule has 7 nitrogen and oxygen atoms in total. The molecule has 0 unspecified atom stereocenters. The lowest BCUT2D eigenvalue weighted by Gasteiger charge is -2.41. The van der Waals surface area contributed by atoms with E-state index in [-0.39, 0.29) is 31.6 Å². The summed E-state index contributed by atoms with van der Waals surface area (Å²) in [7, 11) is 0. The van der Waals surface area contributed by atoms with Crippen molar-refractivity contribution in [3.63, 3.8) is 0 Å². The molecule has 1 fully saturated rings. The molecule has 3 aromatic rings. The monoisotopic (exact) mass is 625 g/mol. The molecule has 0 radical (unpaired) electrons. The molecular weight excluding hydrogens is 592 g/mol. The largest absolute Gasteiger partial charge is 0.463 e. The topological polar surface area (TPSA) is 86.1 Å². The minimum atomic E-state index is -5.95. The van der Waals surface area contributed by atoms with E-state index in [0.717, 1.165) is 42.9 Å². The Balaban J connectivity index is 1.45. The highest BCUT2D eigenvalue weighted by atomic mass is 19.4. The number of carbonyl (C=O) groups is 1. The van der Waals surface area contributed by atoms with Gasteiger partial charge in [0, 0.05) is 63.1 Å². The number of esters is 1. The van der Waals surface area contributed by atoms with Gasteiger partial charge in [0.1, 0.15) is 6.61 Å². The minimum Gasteiger partial charge on any atom is -0.463 e. The Morgan fingerprint density at radius 1 is 0.841 bits per heavy atom. The summed E-state index contributed by atoms with van der Waals surface area (Å²) in [5.74, 6) is -0.385. The second-order valence-corrected chi connectivity index (χ2v) is 10.7.